The van der Waals surface area contributed by atoms with Crippen LogP contribution < -0.4 is 5.49 Å². The fourth-order valence-electron chi connectivity index (χ4n) is 1.78. The third-order valence-corrected chi connectivity index (χ3v) is 4.06. The van der Waals surface area contributed by atoms with Crippen molar-refractivity contribution in [3.05, 3.63) is 57.4 Å². The van der Waals surface area contributed by atoms with Crippen molar-refractivity contribution in [2.24, 2.45) is 0 Å². The first-order valence-electron chi connectivity index (χ1n) is 5.97. The molecule has 6 heteroatoms. The molecule has 104 valence electrons. The molecule has 0 fully saturated rings. The summed E-state index contributed by atoms with van der Waals surface area (Å²) in [5.74, 6) is 0.677. The Balaban J connectivity index is 2.27. The molecule has 1 aromatic heterocycles. The topological polar surface area (TPSA) is 58.7 Å². The quantitative estimate of drug-likeness (QED) is 0.634. The third kappa shape index (κ3) is 3.43. The minimum absolute atomic E-state index is 0.0191. The highest BCUT2D eigenvalue weighted by atomic mass is 79.9. The Morgan fingerprint density at radius 2 is 2.00 bits per heavy atom. The summed E-state index contributed by atoms with van der Waals surface area (Å²) in [6, 6.07) is 7.28. The normalized spacial score (nSPS) is 10.6. The van der Waals surface area contributed by atoms with Gasteiger partial charge in [-0.3, -0.25) is 10.2 Å². The second-order valence-electron chi connectivity index (χ2n) is 4.35. The van der Waals surface area contributed by atoms with E-state index in [0.29, 0.717) is 16.7 Å². The molecule has 0 saturated carbocycles. The number of Topliss-reactive ketones (excluding diaryl/α,β-unsaturated/α-hetero) is 1. The minimum atomic E-state index is 0.0191. The molecule has 0 atom stereocenters. The summed E-state index contributed by atoms with van der Waals surface area (Å²) in [6.07, 6.45) is 1.80. The van der Waals surface area contributed by atoms with E-state index >= 15 is 0 Å². The molecule has 1 aromatic carbocycles. The number of halogens is 2. The zero-order valence-corrected chi connectivity index (χ0v) is 14.0. The second kappa shape index (κ2) is 6.45. The van der Waals surface area contributed by atoms with E-state index in [1.165, 1.54) is 0 Å². The lowest BCUT2D eigenvalue weighted by atomic mass is 10.1. The smallest absolute Gasteiger partial charge is 0.182 e. The van der Waals surface area contributed by atoms with Crippen molar-refractivity contribution in [1.82, 2.24) is 9.55 Å². The molecule has 2 rings (SSSR count). The SMILES string of the molecule is Cc1nc(=N)c(CBr)cn1CC(=O)c1ccc(Br)cc1. The number of aromatic nitrogens is 2. The Bertz CT molecular complexity index is 693. The van der Waals surface area contributed by atoms with Crippen molar-refractivity contribution in [3.8, 4) is 0 Å². The summed E-state index contributed by atoms with van der Waals surface area (Å²) >= 11 is 6.67. The van der Waals surface area contributed by atoms with Gasteiger partial charge in [-0.1, -0.05) is 44.0 Å². The fourth-order valence-corrected chi connectivity index (χ4v) is 2.45. The van der Waals surface area contributed by atoms with Crippen LogP contribution in [0.1, 0.15) is 21.7 Å². The van der Waals surface area contributed by atoms with E-state index in [1.807, 2.05) is 12.1 Å². The number of hydrogen-bond acceptors (Lipinski definition) is 3. The summed E-state index contributed by atoms with van der Waals surface area (Å²) in [7, 11) is 0. The highest BCUT2D eigenvalue weighted by Gasteiger charge is 2.09. The number of hydrogen-bond donors (Lipinski definition) is 1. The molecule has 4 nitrogen and oxygen atoms in total. The van der Waals surface area contributed by atoms with Crippen LogP contribution in [0.4, 0.5) is 0 Å². The van der Waals surface area contributed by atoms with Gasteiger partial charge in [0.25, 0.3) is 0 Å². The molecule has 2 aromatic rings. The second-order valence-corrected chi connectivity index (χ2v) is 5.83. The van der Waals surface area contributed by atoms with E-state index in [2.05, 4.69) is 36.8 Å². The van der Waals surface area contributed by atoms with E-state index in [1.54, 1.807) is 29.8 Å². The Morgan fingerprint density at radius 1 is 1.35 bits per heavy atom. The number of benzene rings is 1. The van der Waals surface area contributed by atoms with E-state index < -0.39 is 0 Å². The van der Waals surface area contributed by atoms with Gasteiger partial charge < -0.3 is 4.57 Å². The number of carbonyl (C=O) groups excluding carboxylic acids is 1. The molecule has 1 heterocycles. The van der Waals surface area contributed by atoms with E-state index in [0.717, 1.165) is 10.0 Å². The van der Waals surface area contributed by atoms with E-state index in [-0.39, 0.29) is 17.8 Å². The van der Waals surface area contributed by atoms with E-state index in [4.69, 9.17) is 5.41 Å². The van der Waals surface area contributed by atoms with Gasteiger partial charge >= 0.3 is 0 Å². The van der Waals surface area contributed by atoms with Crippen LogP contribution in [0.25, 0.3) is 0 Å². The summed E-state index contributed by atoms with van der Waals surface area (Å²) in [5.41, 5.74) is 1.67. The molecule has 0 aliphatic heterocycles. The van der Waals surface area contributed by atoms with Crippen LogP contribution in [-0.2, 0) is 11.9 Å². The first-order valence-corrected chi connectivity index (χ1v) is 7.89. The van der Waals surface area contributed by atoms with Crippen LogP contribution >= 0.6 is 31.9 Å². The lowest BCUT2D eigenvalue weighted by Gasteiger charge is -2.11. The summed E-state index contributed by atoms with van der Waals surface area (Å²) < 4.78 is 2.72. The maximum Gasteiger partial charge on any atom is 0.182 e. The predicted octanol–water partition coefficient (Wildman–Crippen LogP) is 3.21. The zero-order valence-electron chi connectivity index (χ0n) is 10.9. The van der Waals surface area contributed by atoms with Gasteiger partial charge in [-0.15, -0.1) is 0 Å². The number of nitrogens with one attached hydrogen (secondary N) is 1. The van der Waals surface area contributed by atoms with Crippen LogP contribution in [0.2, 0.25) is 0 Å². The standard InChI is InChI=1S/C14H13Br2N3O/c1-9-18-14(17)11(6-15)7-19(9)8-13(20)10-2-4-12(16)5-3-10/h2-5,7,17H,6,8H2,1H3. The summed E-state index contributed by atoms with van der Waals surface area (Å²) in [4.78, 5) is 16.4. The Morgan fingerprint density at radius 3 is 2.60 bits per heavy atom. The number of ketones is 1. The van der Waals surface area contributed by atoms with Gasteiger partial charge in [-0.2, -0.15) is 0 Å². The molecule has 0 saturated heterocycles. The Labute approximate surface area is 133 Å². The lowest BCUT2D eigenvalue weighted by molar-refractivity contribution is 0.0970. The maximum atomic E-state index is 12.2. The number of carbonyl (C=O) groups is 1. The largest absolute Gasteiger partial charge is 0.328 e. The minimum Gasteiger partial charge on any atom is -0.328 e. The van der Waals surface area contributed by atoms with Gasteiger partial charge in [0.1, 0.15) is 5.82 Å². The summed E-state index contributed by atoms with van der Waals surface area (Å²) in [6.45, 7) is 2.02. The molecule has 0 spiro atoms. The van der Waals surface area contributed by atoms with Gasteiger partial charge in [0, 0.05) is 27.1 Å². The molecular weight excluding hydrogens is 386 g/mol. The number of nitrogens with zero attached hydrogens (tertiary/aromatic N) is 2. The molecule has 0 aliphatic carbocycles. The highest BCUT2D eigenvalue weighted by Crippen LogP contribution is 2.12. The average Bonchev–Trinajstić information content (AvgIpc) is 2.42. The first-order chi connectivity index (χ1) is 9.51. The van der Waals surface area contributed by atoms with Gasteiger partial charge in [0.15, 0.2) is 11.3 Å². The summed E-state index contributed by atoms with van der Waals surface area (Å²) in [5, 5.41) is 8.28. The fraction of sp³-hybridized carbons (Fsp3) is 0.214. The van der Waals surface area contributed by atoms with Crippen LogP contribution in [0.3, 0.4) is 0 Å². The van der Waals surface area contributed by atoms with Crippen LogP contribution in [-0.4, -0.2) is 15.3 Å². The molecule has 0 unspecified atom stereocenters. The molecule has 0 radical (unpaired) electrons. The van der Waals surface area contributed by atoms with Crippen molar-refractivity contribution >= 4 is 37.6 Å². The maximum absolute atomic E-state index is 12.2. The number of rotatable bonds is 4. The van der Waals surface area contributed by atoms with Gasteiger partial charge in [0.2, 0.25) is 0 Å². The van der Waals surface area contributed by atoms with Crippen LogP contribution in [0.5, 0.6) is 0 Å². The van der Waals surface area contributed by atoms with Crippen LogP contribution in [0, 0.1) is 12.3 Å². The molecular formula is C14H13Br2N3O. The highest BCUT2D eigenvalue weighted by molar-refractivity contribution is 9.10. The van der Waals surface area contributed by atoms with Crippen molar-refractivity contribution in [2.75, 3.05) is 0 Å². The third-order valence-electron chi connectivity index (χ3n) is 2.93. The van der Waals surface area contributed by atoms with Gasteiger partial charge in [-0.05, 0) is 19.1 Å². The van der Waals surface area contributed by atoms with Gasteiger partial charge in [-0.25, -0.2) is 4.98 Å². The lowest BCUT2D eigenvalue weighted by Crippen LogP contribution is -2.22. The molecule has 20 heavy (non-hydrogen) atoms. The number of aryl methyl sites for hydroxylation is 1. The molecule has 1 N–H and O–H groups in total. The zero-order chi connectivity index (χ0) is 14.7. The molecule has 0 amide bonds. The van der Waals surface area contributed by atoms with Crippen molar-refractivity contribution in [3.63, 3.8) is 0 Å². The Kier molecular flexibility index (Phi) is 4.88. The average molecular weight is 399 g/mol. The van der Waals surface area contributed by atoms with Gasteiger partial charge in [0.05, 0.1) is 6.54 Å². The van der Waals surface area contributed by atoms with E-state index in [9.17, 15) is 4.79 Å². The Hall–Kier alpha value is -1.27. The van der Waals surface area contributed by atoms with Crippen LogP contribution in [0.15, 0.2) is 34.9 Å². The monoisotopic (exact) mass is 397 g/mol. The molecule has 0 bridgehead atoms. The van der Waals surface area contributed by atoms with Crippen molar-refractivity contribution in [1.29, 1.82) is 5.41 Å². The van der Waals surface area contributed by atoms with Crippen molar-refractivity contribution in [2.45, 2.75) is 18.8 Å². The first kappa shape index (κ1) is 15.1. The molecule has 0 aliphatic rings. The number of alkyl halides is 1. The predicted molar refractivity (Wildman–Crippen MR) is 83.9 cm³/mol. The van der Waals surface area contributed by atoms with Crippen molar-refractivity contribution < 1.29 is 4.79 Å².